The van der Waals surface area contributed by atoms with E-state index in [-0.39, 0.29) is 52.3 Å². The molecule has 4 aromatic carbocycles. The monoisotopic (exact) mass is 971 g/mol. The Kier molecular flexibility index (Phi) is 10.3. The summed E-state index contributed by atoms with van der Waals surface area (Å²) in [4.78, 5) is 16.3. The van der Waals surface area contributed by atoms with E-state index >= 15 is 0 Å². The molecule has 0 radical (unpaired) electrons. The molecule has 0 saturated carbocycles. The normalized spacial score (nSPS) is 13.9. The van der Waals surface area contributed by atoms with E-state index in [1.54, 1.807) is 0 Å². The summed E-state index contributed by atoms with van der Waals surface area (Å²) in [6.07, 6.45) is 3.76. The predicted octanol–water partition coefficient (Wildman–Crippen LogP) is 10.6. The number of benzene rings is 4. The van der Waals surface area contributed by atoms with E-state index < -0.39 is 0 Å². The van der Waals surface area contributed by atoms with Gasteiger partial charge in [-0.1, -0.05) is 53.7 Å². The third-order valence-electron chi connectivity index (χ3n) is 9.92. The zero-order chi connectivity index (χ0) is 38.0. The van der Waals surface area contributed by atoms with Crippen LogP contribution in [0.2, 0.25) is 0 Å². The van der Waals surface area contributed by atoms with Crippen molar-refractivity contribution in [2.24, 2.45) is 0 Å². The molecule has 0 aliphatic carbocycles. The van der Waals surface area contributed by atoms with Gasteiger partial charge in [0.05, 0.1) is 0 Å². The summed E-state index contributed by atoms with van der Waals surface area (Å²) < 4.78 is 8.82. The Morgan fingerprint density at radius 3 is 1.95 bits per heavy atom. The second-order valence-corrected chi connectivity index (χ2v) is 19.2. The van der Waals surface area contributed by atoms with Crippen LogP contribution in [0.4, 0.5) is 39.9 Å². The minimum Gasteiger partial charge on any atom is -0.0561 e. The number of hydrogen-bond acceptors (Lipinski definition) is 6. The van der Waals surface area contributed by atoms with Crippen molar-refractivity contribution in [2.45, 2.75) is 78.6 Å². The van der Waals surface area contributed by atoms with Crippen LogP contribution in [-0.4, -0.2) is 24.9 Å². The summed E-state index contributed by atoms with van der Waals surface area (Å²) in [5.41, 5.74) is 10.0. The molecule has 2 aliphatic heterocycles. The van der Waals surface area contributed by atoms with Gasteiger partial charge < -0.3 is 0 Å². The SMILES string of the molecule is CC(C)(C)c1cc(N2[CH-]N(c3[c-]c(Oc4[c-]c5c(cc4)[Se]c4ncccc4N5c4cc(C(C)(C)C)ccn4)ccc3)c3ccccc32)cc(C(C)(C)C)c1.[Pt]. The van der Waals surface area contributed by atoms with Crippen LogP contribution in [-0.2, 0) is 37.3 Å². The molecule has 8 rings (SSSR count). The molecular weight excluding hydrogens is 925 g/mol. The van der Waals surface area contributed by atoms with Crippen LogP contribution < -0.4 is 28.5 Å². The molecule has 55 heavy (non-hydrogen) atoms. The molecular formula is C47H46N5OPtSe-3. The second-order valence-electron chi connectivity index (χ2n) is 17.1. The minimum atomic E-state index is -0.0241. The average molecular weight is 971 g/mol. The quantitative estimate of drug-likeness (QED) is 0.127. The summed E-state index contributed by atoms with van der Waals surface area (Å²) in [6, 6.07) is 41.3. The molecule has 8 heteroatoms. The van der Waals surface area contributed by atoms with Crippen molar-refractivity contribution < 1.29 is 25.8 Å². The molecule has 6 aromatic rings. The molecule has 0 bridgehead atoms. The Bertz CT molecular complexity index is 2340. The van der Waals surface area contributed by atoms with Crippen molar-refractivity contribution in [3.05, 3.63) is 145 Å². The van der Waals surface area contributed by atoms with Gasteiger partial charge in [-0.25, -0.2) is 0 Å². The van der Waals surface area contributed by atoms with Crippen molar-refractivity contribution >= 4 is 64.0 Å². The van der Waals surface area contributed by atoms with Gasteiger partial charge in [-0.2, -0.15) is 0 Å². The van der Waals surface area contributed by atoms with Gasteiger partial charge >= 0.3 is 241 Å². The number of pyridine rings is 2. The van der Waals surface area contributed by atoms with Gasteiger partial charge in [0.2, 0.25) is 0 Å². The zero-order valence-corrected chi connectivity index (χ0v) is 36.8. The number of para-hydroxylation sites is 2. The summed E-state index contributed by atoms with van der Waals surface area (Å²) in [7, 11) is 0. The minimum absolute atomic E-state index is 0. The molecule has 0 N–H and O–H groups in total. The largest absolute Gasteiger partial charge is 0.0561 e. The Balaban J connectivity index is 0.00000465. The Morgan fingerprint density at radius 2 is 1.25 bits per heavy atom. The zero-order valence-electron chi connectivity index (χ0n) is 32.8. The molecule has 4 heterocycles. The van der Waals surface area contributed by atoms with Crippen molar-refractivity contribution in [1.29, 1.82) is 0 Å². The molecule has 0 unspecified atom stereocenters. The van der Waals surface area contributed by atoms with Crippen LogP contribution >= 0.6 is 0 Å². The van der Waals surface area contributed by atoms with Gasteiger partial charge in [0, 0.05) is 21.1 Å². The Hall–Kier alpha value is -4.41. The first-order valence-corrected chi connectivity index (χ1v) is 20.2. The summed E-state index contributed by atoms with van der Waals surface area (Å²) in [5, 5.41) is 0. The standard InChI is InChI=1S/C47H46N5OSe.Pt/c1-45(2,3)31-21-23-48-43(27-31)52-40-18-13-22-49-44(40)54-42-20-19-37(29-41(42)52)53-36-15-12-14-34(28-36)50-30-51(39-17-11-10-16-38(39)50)35-25-32(46(4,5)6)24-33(26-35)47(7,8)9;/h10-27,30H,1-9H3;/q-3;. The number of ether oxygens (including phenoxy) is 1. The number of rotatable bonds is 5. The van der Waals surface area contributed by atoms with E-state index in [1.165, 1.54) is 21.2 Å². The van der Waals surface area contributed by atoms with Crippen LogP contribution in [0.1, 0.15) is 79.0 Å². The van der Waals surface area contributed by atoms with Crippen molar-refractivity contribution in [3.8, 4) is 11.5 Å². The van der Waals surface area contributed by atoms with E-state index in [1.807, 2.05) is 36.7 Å². The van der Waals surface area contributed by atoms with Crippen LogP contribution in [0.25, 0.3) is 0 Å². The third kappa shape index (κ3) is 7.72. The Labute approximate surface area is 347 Å². The summed E-state index contributed by atoms with van der Waals surface area (Å²) in [6.45, 7) is 22.5. The van der Waals surface area contributed by atoms with E-state index in [0.29, 0.717) is 11.5 Å². The topological polar surface area (TPSA) is 44.7 Å². The van der Waals surface area contributed by atoms with Crippen molar-refractivity contribution in [1.82, 2.24) is 9.97 Å². The molecule has 0 saturated heterocycles. The fraction of sp³-hybridized carbons (Fsp3) is 0.255. The second kappa shape index (κ2) is 14.6. The molecule has 2 aromatic heterocycles. The molecule has 0 fully saturated rings. The first kappa shape index (κ1) is 38.8. The molecule has 6 nitrogen and oxygen atoms in total. The van der Waals surface area contributed by atoms with E-state index in [9.17, 15) is 0 Å². The first-order chi connectivity index (χ1) is 25.6. The first-order valence-electron chi connectivity index (χ1n) is 18.5. The fourth-order valence-corrected chi connectivity index (χ4v) is 8.76. The molecule has 284 valence electrons. The van der Waals surface area contributed by atoms with Gasteiger partial charge in [-0.3, -0.25) is 0 Å². The van der Waals surface area contributed by atoms with Crippen molar-refractivity contribution in [3.63, 3.8) is 0 Å². The van der Waals surface area contributed by atoms with Gasteiger partial charge in [0.25, 0.3) is 0 Å². The van der Waals surface area contributed by atoms with Gasteiger partial charge in [-0.05, 0) is 34.1 Å². The van der Waals surface area contributed by atoms with Crippen LogP contribution in [0, 0.1) is 18.8 Å². The predicted molar refractivity (Wildman–Crippen MR) is 223 cm³/mol. The van der Waals surface area contributed by atoms with E-state index in [4.69, 9.17) is 14.7 Å². The number of hydrogen-bond donors (Lipinski definition) is 0. The summed E-state index contributed by atoms with van der Waals surface area (Å²) in [5.74, 6) is 2.06. The number of fused-ring (bicyclic) bond motifs is 3. The number of aromatic nitrogens is 2. The van der Waals surface area contributed by atoms with Gasteiger partial charge in [-0.15, -0.1) is 0 Å². The number of anilines is 7. The van der Waals surface area contributed by atoms with Crippen LogP contribution in [0.3, 0.4) is 0 Å². The Morgan fingerprint density at radius 1 is 0.600 bits per heavy atom. The molecule has 2 aliphatic rings. The maximum absolute atomic E-state index is 6.58. The third-order valence-corrected chi connectivity index (χ3v) is 12.1. The van der Waals surface area contributed by atoms with Crippen LogP contribution in [0.15, 0.2) is 109 Å². The van der Waals surface area contributed by atoms with Gasteiger partial charge in [0.15, 0.2) is 0 Å². The maximum Gasteiger partial charge on any atom is 0 e. The maximum atomic E-state index is 6.58. The van der Waals surface area contributed by atoms with E-state index in [2.05, 4.69) is 169 Å². The molecule has 0 spiro atoms. The van der Waals surface area contributed by atoms with Gasteiger partial charge in [0.1, 0.15) is 0 Å². The smallest absolute Gasteiger partial charge is 0 e. The van der Waals surface area contributed by atoms with E-state index in [0.717, 1.165) is 44.5 Å². The molecule has 0 atom stereocenters. The fourth-order valence-electron chi connectivity index (χ4n) is 6.74. The summed E-state index contributed by atoms with van der Waals surface area (Å²) >= 11 is 0.00995. The van der Waals surface area contributed by atoms with Crippen molar-refractivity contribution in [2.75, 3.05) is 14.7 Å². The average Bonchev–Trinajstić information content (AvgIpc) is 3.53. The van der Waals surface area contributed by atoms with Crippen LogP contribution in [0.5, 0.6) is 11.5 Å². The molecule has 0 amide bonds. The number of nitrogens with zero attached hydrogens (tertiary/aromatic N) is 5.